The van der Waals surface area contributed by atoms with Crippen molar-refractivity contribution >= 4 is 17.5 Å². The fourth-order valence-electron chi connectivity index (χ4n) is 3.61. The summed E-state index contributed by atoms with van der Waals surface area (Å²) >= 11 is 0. The first-order chi connectivity index (χ1) is 12.1. The van der Waals surface area contributed by atoms with Crippen molar-refractivity contribution in [3.63, 3.8) is 0 Å². The average molecular weight is 349 g/mol. The molecule has 2 amide bonds. The Morgan fingerprint density at radius 1 is 1.28 bits per heavy atom. The molecule has 1 aromatic rings. The van der Waals surface area contributed by atoms with Gasteiger partial charge in [0.2, 0.25) is 11.8 Å². The Kier molecular flexibility index (Phi) is 5.53. The Morgan fingerprint density at radius 2 is 2.00 bits per heavy atom. The summed E-state index contributed by atoms with van der Waals surface area (Å²) in [6, 6.07) is 6.43. The van der Waals surface area contributed by atoms with Crippen LogP contribution in [0.15, 0.2) is 24.3 Å². The van der Waals surface area contributed by atoms with Crippen LogP contribution < -0.4 is 10.2 Å². The van der Waals surface area contributed by atoms with Gasteiger partial charge in [-0.2, -0.15) is 0 Å². The molecule has 0 aromatic heterocycles. The van der Waals surface area contributed by atoms with Crippen molar-refractivity contribution in [2.75, 3.05) is 44.8 Å². The number of hydrogen-bond donors (Lipinski definition) is 1. The molecule has 0 bridgehead atoms. The largest absolute Gasteiger partial charge is 0.383 e. The number of benzene rings is 1. The Balaban J connectivity index is 1.61. The second-order valence-electron chi connectivity index (χ2n) is 6.54. The van der Waals surface area contributed by atoms with Crippen molar-refractivity contribution in [3.8, 4) is 0 Å². The number of halogens is 1. The van der Waals surface area contributed by atoms with Gasteiger partial charge in [-0.3, -0.25) is 9.59 Å². The Labute approximate surface area is 146 Å². The van der Waals surface area contributed by atoms with Crippen LogP contribution in [0.1, 0.15) is 12.8 Å². The summed E-state index contributed by atoms with van der Waals surface area (Å²) < 4.78 is 19.1. The lowest BCUT2D eigenvalue weighted by molar-refractivity contribution is -0.140. The molecule has 0 spiro atoms. The molecule has 3 rings (SSSR count). The standard InChI is InChI=1S/C18H24FN3O3/c1-25-12-15-13(6-7-17(23)20-15)18(24)22-10-8-21(9-11-22)16-5-3-2-4-14(16)19/h2-5,13,15H,6-12H2,1H3,(H,20,23)/t13-,15-/m1/s1. The van der Waals surface area contributed by atoms with Gasteiger partial charge >= 0.3 is 0 Å². The van der Waals surface area contributed by atoms with E-state index >= 15 is 0 Å². The van der Waals surface area contributed by atoms with E-state index in [2.05, 4.69) is 5.32 Å². The Bertz CT molecular complexity index is 632. The van der Waals surface area contributed by atoms with Gasteiger partial charge in [-0.15, -0.1) is 0 Å². The molecular weight excluding hydrogens is 325 g/mol. The molecule has 2 saturated heterocycles. The number of rotatable bonds is 4. The summed E-state index contributed by atoms with van der Waals surface area (Å²) in [6.45, 7) is 2.63. The molecule has 2 aliphatic heterocycles. The molecule has 1 N–H and O–H groups in total. The third-order valence-corrected chi connectivity index (χ3v) is 4.96. The summed E-state index contributed by atoms with van der Waals surface area (Å²) in [5, 5.41) is 2.86. The molecule has 0 radical (unpaired) electrons. The number of nitrogens with zero attached hydrogens (tertiary/aromatic N) is 2. The number of carbonyl (C=O) groups is 2. The van der Waals surface area contributed by atoms with Gasteiger partial charge in [0.1, 0.15) is 5.82 Å². The lowest BCUT2D eigenvalue weighted by Gasteiger charge is -2.40. The van der Waals surface area contributed by atoms with Gasteiger partial charge in [0, 0.05) is 39.7 Å². The van der Waals surface area contributed by atoms with Crippen LogP contribution in [-0.2, 0) is 14.3 Å². The number of amides is 2. The van der Waals surface area contributed by atoms with Crippen LogP contribution in [0.5, 0.6) is 0 Å². The lowest BCUT2D eigenvalue weighted by atomic mass is 9.89. The smallest absolute Gasteiger partial charge is 0.227 e. The molecule has 0 aliphatic carbocycles. The maximum Gasteiger partial charge on any atom is 0.227 e. The Morgan fingerprint density at radius 3 is 2.68 bits per heavy atom. The topological polar surface area (TPSA) is 61.9 Å². The molecule has 2 aliphatic rings. The molecule has 6 nitrogen and oxygen atoms in total. The zero-order chi connectivity index (χ0) is 17.8. The Hall–Kier alpha value is -2.15. The number of piperidine rings is 1. The van der Waals surface area contributed by atoms with E-state index in [1.165, 1.54) is 6.07 Å². The van der Waals surface area contributed by atoms with E-state index in [1.54, 1.807) is 19.2 Å². The molecule has 2 fully saturated rings. The van der Waals surface area contributed by atoms with Crippen LogP contribution in [-0.4, -0.2) is 62.7 Å². The van der Waals surface area contributed by atoms with Gasteiger partial charge in [-0.05, 0) is 18.6 Å². The number of nitrogens with one attached hydrogen (secondary N) is 1. The van der Waals surface area contributed by atoms with E-state index in [-0.39, 0.29) is 29.6 Å². The number of ether oxygens (including phenoxy) is 1. The van der Waals surface area contributed by atoms with Crippen molar-refractivity contribution in [2.45, 2.75) is 18.9 Å². The number of hydrogen-bond acceptors (Lipinski definition) is 4. The maximum absolute atomic E-state index is 13.9. The van der Waals surface area contributed by atoms with Crippen molar-refractivity contribution in [2.24, 2.45) is 5.92 Å². The molecular formula is C18H24FN3O3. The highest BCUT2D eigenvalue weighted by Gasteiger charge is 2.37. The van der Waals surface area contributed by atoms with Gasteiger partial charge in [0.05, 0.1) is 24.3 Å². The van der Waals surface area contributed by atoms with Crippen molar-refractivity contribution in [3.05, 3.63) is 30.1 Å². The molecule has 25 heavy (non-hydrogen) atoms. The van der Waals surface area contributed by atoms with Gasteiger partial charge < -0.3 is 19.9 Å². The number of para-hydroxylation sites is 1. The molecule has 136 valence electrons. The van der Waals surface area contributed by atoms with Crippen LogP contribution >= 0.6 is 0 Å². The van der Waals surface area contributed by atoms with Gasteiger partial charge in [-0.1, -0.05) is 12.1 Å². The summed E-state index contributed by atoms with van der Waals surface area (Å²) in [5.74, 6) is -0.471. The van der Waals surface area contributed by atoms with E-state index < -0.39 is 0 Å². The zero-order valence-corrected chi connectivity index (χ0v) is 14.4. The molecule has 2 heterocycles. The van der Waals surface area contributed by atoms with E-state index in [1.807, 2.05) is 15.9 Å². The van der Waals surface area contributed by atoms with E-state index in [0.29, 0.717) is 51.3 Å². The monoisotopic (exact) mass is 349 g/mol. The molecule has 1 aromatic carbocycles. The van der Waals surface area contributed by atoms with E-state index in [4.69, 9.17) is 4.74 Å². The first-order valence-electron chi connectivity index (χ1n) is 8.66. The maximum atomic E-state index is 13.9. The lowest BCUT2D eigenvalue weighted by Crippen LogP contribution is -2.56. The summed E-state index contributed by atoms with van der Waals surface area (Å²) in [6.07, 6.45) is 0.915. The second kappa shape index (κ2) is 7.82. The highest BCUT2D eigenvalue weighted by molar-refractivity contribution is 5.84. The van der Waals surface area contributed by atoms with Gasteiger partial charge in [0.15, 0.2) is 0 Å². The third-order valence-electron chi connectivity index (χ3n) is 4.96. The van der Waals surface area contributed by atoms with Gasteiger partial charge in [0.25, 0.3) is 0 Å². The van der Waals surface area contributed by atoms with E-state index in [0.717, 1.165) is 0 Å². The second-order valence-corrected chi connectivity index (χ2v) is 6.54. The van der Waals surface area contributed by atoms with E-state index in [9.17, 15) is 14.0 Å². The molecule has 0 saturated carbocycles. The van der Waals surface area contributed by atoms with Crippen molar-refractivity contribution in [1.82, 2.24) is 10.2 Å². The van der Waals surface area contributed by atoms with Crippen LogP contribution in [0.25, 0.3) is 0 Å². The summed E-state index contributed by atoms with van der Waals surface area (Å²) in [5.41, 5.74) is 0.580. The normalized spacial score (nSPS) is 24.2. The number of methoxy groups -OCH3 is 1. The number of carbonyl (C=O) groups excluding carboxylic acids is 2. The predicted octanol–water partition coefficient (Wildman–Crippen LogP) is 1.02. The van der Waals surface area contributed by atoms with Crippen molar-refractivity contribution < 1.29 is 18.7 Å². The highest BCUT2D eigenvalue weighted by atomic mass is 19.1. The third kappa shape index (κ3) is 3.92. The summed E-state index contributed by atoms with van der Waals surface area (Å²) in [4.78, 5) is 28.3. The van der Waals surface area contributed by atoms with Crippen LogP contribution in [0.3, 0.4) is 0 Å². The SMILES string of the molecule is COC[C@H]1NC(=O)CC[C@H]1C(=O)N1CCN(c2ccccc2F)CC1. The summed E-state index contributed by atoms with van der Waals surface area (Å²) in [7, 11) is 1.56. The first-order valence-corrected chi connectivity index (χ1v) is 8.66. The van der Waals surface area contributed by atoms with Crippen LogP contribution in [0, 0.1) is 11.7 Å². The molecule has 0 unspecified atom stereocenters. The quantitative estimate of drug-likeness (QED) is 0.882. The highest BCUT2D eigenvalue weighted by Crippen LogP contribution is 2.24. The number of anilines is 1. The fourth-order valence-corrected chi connectivity index (χ4v) is 3.61. The van der Waals surface area contributed by atoms with Crippen LogP contribution in [0.4, 0.5) is 10.1 Å². The first kappa shape index (κ1) is 17.7. The minimum absolute atomic E-state index is 0.0320. The predicted molar refractivity (Wildman–Crippen MR) is 91.7 cm³/mol. The minimum atomic E-state index is -0.275. The number of piperazine rings is 1. The van der Waals surface area contributed by atoms with Crippen LogP contribution in [0.2, 0.25) is 0 Å². The minimum Gasteiger partial charge on any atom is -0.383 e. The van der Waals surface area contributed by atoms with Gasteiger partial charge in [-0.25, -0.2) is 4.39 Å². The average Bonchev–Trinajstić information content (AvgIpc) is 2.62. The zero-order valence-electron chi connectivity index (χ0n) is 14.4. The fraction of sp³-hybridized carbons (Fsp3) is 0.556. The van der Waals surface area contributed by atoms with Crippen molar-refractivity contribution in [1.29, 1.82) is 0 Å². The molecule has 7 heteroatoms. The molecule has 2 atom stereocenters.